The Labute approximate surface area is 174 Å². The van der Waals surface area contributed by atoms with E-state index >= 15 is 0 Å². The summed E-state index contributed by atoms with van der Waals surface area (Å²) in [6, 6.07) is 7.80. The molecular formula is C21H25N7O2. The van der Waals surface area contributed by atoms with Crippen molar-refractivity contribution in [1.29, 1.82) is 0 Å². The Morgan fingerprint density at radius 1 is 1.30 bits per heavy atom. The van der Waals surface area contributed by atoms with E-state index in [1.54, 1.807) is 13.3 Å². The van der Waals surface area contributed by atoms with Gasteiger partial charge >= 0.3 is 0 Å². The van der Waals surface area contributed by atoms with Crippen LogP contribution in [-0.2, 0) is 4.84 Å². The second kappa shape index (κ2) is 8.11. The number of benzene rings is 1. The molecule has 0 amide bonds. The number of rotatable bonds is 6. The van der Waals surface area contributed by atoms with E-state index in [1.807, 2.05) is 38.1 Å². The van der Waals surface area contributed by atoms with Crippen molar-refractivity contribution < 1.29 is 9.57 Å². The molecule has 1 fully saturated rings. The van der Waals surface area contributed by atoms with Gasteiger partial charge in [0, 0.05) is 30.2 Å². The van der Waals surface area contributed by atoms with Gasteiger partial charge in [0.05, 0.1) is 23.2 Å². The Kier molecular flexibility index (Phi) is 5.37. The maximum Gasteiger partial charge on any atom is 0.220 e. The zero-order chi connectivity index (χ0) is 21.3. The molecule has 0 unspecified atom stereocenters. The first kappa shape index (κ1) is 19.8. The van der Waals surface area contributed by atoms with E-state index in [2.05, 4.69) is 36.6 Å². The number of aromatic nitrogens is 4. The Morgan fingerprint density at radius 2 is 2.10 bits per heavy atom. The van der Waals surface area contributed by atoms with Crippen molar-refractivity contribution >= 4 is 22.6 Å². The van der Waals surface area contributed by atoms with E-state index in [0.29, 0.717) is 24.7 Å². The first-order valence-electron chi connectivity index (χ1n) is 9.77. The summed E-state index contributed by atoms with van der Waals surface area (Å²) in [4.78, 5) is 20.1. The lowest BCUT2D eigenvalue weighted by molar-refractivity contribution is 0.243. The molecule has 0 aliphatic carbocycles. The summed E-state index contributed by atoms with van der Waals surface area (Å²) in [5, 5.41) is 8.47. The van der Waals surface area contributed by atoms with E-state index in [4.69, 9.17) is 15.5 Å². The first-order valence-corrected chi connectivity index (χ1v) is 9.77. The fraction of sp³-hybridized carbons (Fsp3) is 0.333. The summed E-state index contributed by atoms with van der Waals surface area (Å²) in [7, 11) is 0. The van der Waals surface area contributed by atoms with Gasteiger partial charge < -0.3 is 14.5 Å². The molecular weight excluding hydrogens is 382 g/mol. The molecule has 1 aromatic carbocycles. The molecule has 3 heterocycles. The zero-order valence-electron chi connectivity index (χ0n) is 17.3. The van der Waals surface area contributed by atoms with Crippen molar-refractivity contribution in [3.8, 4) is 17.1 Å². The number of nitrogens with zero attached hydrogens (tertiary/aromatic N) is 5. The highest BCUT2D eigenvalue weighted by molar-refractivity contribution is 5.93. The average Bonchev–Trinajstić information content (AvgIpc) is 3.08. The first-order chi connectivity index (χ1) is 14.4. The highest BCUT2D eigenvalue weighted by atomic mass is 16.6. The van der Waals surface area contributed by atoms with Crippen molar-refractivity contribution in [3.05, 3.63) is 42.9 Å². The van der Waals surface area contributed by atoms with Crippen LogP contribution >= 0.6 is 0 Å². The number of anilines is 1. The molecule has 0 saturated carbocycles. The van der Waals surface area contributed by atoms with Gasteiger partial charge in [-0.05, 0) is 39.0 Å². The van der Waals surface area contributed by atoms with Crippen molar-refractivity contribution in [3.63, 3.8) is 0 Å². The molecule has 30 heavy (non-hydrogen) atoms. The molecule has 1 saturated heterocycles. The monoisotopic (exact) mass is 407 g/mol. The smallest absolute Gasteiger partial charge is 0.220 e. The van der Waals surface area contributed by atoms with Gasteiger partial charge in [-0.2, -0.15) is 11.0 Å². The van der Waals surface area contributed by atoms with Crippen molar-refractivity contribution in [1.82, 2.24) is 20.2 Å². The minimum absolute atomic E-state index is 0.0959. The summed E-state index contributed by atoms with van der Waals surface area (Å²) < 4.78 is 5.82. The van der Waals surface area contributed by atoms with Crippen molar-refractivity contribution in [2.45, 2.75) is 26.9 Å². The molecule has 3 N–H and O–H groups in total. The summed E-state index contributed by atoms with van der Waals surface area (Å²) in [6.45, 7) is 11.0. The Balaban J connectivity index is 1.57. The zero-order valence-corrected chi connectivity index (χ0v) is 17.3. The summed E-state index contributed by atoms with van der Waals surface area (Å²) >= 11 is 0. The summed E-state index contributed by atoms with van der Waals surface area (Å²) in [6.07, 6.45) is 1.65. The van der Waals surface area contributed by atoms with Crippen LogP contribution in [0.2, 0.25) is 0 Å². The van der Waals surface area contributed by atoms with E-state index in [1.165, 1.54) is 0 Å². The maximum absolute atomic E-state index is 5.82. The fourth-order valence-corrected chi connectivity index (χ4v) is 3.41. The largest absolute Gasteiger partial charge is 0.491 e. The molecule has 1 aliphatic heterocycles. The van der Waals surface area contributed by atoms with Gasteiger partial charge in [0.15, 0.2) is 0 Å². The molecule has 3 aromatic rings. The quantitative estimate of drug-likeness (QED) is 0.367. The molecule has 1 aliphatic rings. The minimum atomic E-state index is 0.0959. The second-order valence-electron chi connectivity index (χ2n) is 7.61. The molecule has 9 heteroatoms. The van der Waals surface area contributed by atoms with Gasteiger partial charge in [0.2, 0.25) is 5.90 Å². The predicted octanol–water partition coefficient (Wildman–Crippen LogP) is 3.07. The van der Waals surface area contributed by atoms with Gasteiger partial charge in [-0.25, -0.2) is 15.0 Å². The van der Waals surface area contributed by atoms with Gasteiger partial charge in [-0.15, -0.1) is 0 Å². The van der Waals surface area contributed by atoms with Gasteiger partial charge in [-0.1, -0.05) is 6.58 Å². The Hall–Kier alpha value is -3.46. The lowest BCUT2D eigenvalue weighted by Gasteiger charge is -2.39. The van der Waals surface area contributed by atoms with E-state index < -0.39 is 0 Å². The predicted molar refractivity (Wildman–Crippen MR) is 116 cm³/mol. The number of aromatic amines is 1. The number of nitrogens with one attached hydrogen (secondary N) is 1. The van der Waals surface area contributed by atoms with Crippen LogP contribution in [-0.4, -0.2) is 45.3 Å². The second-order valence-corrected chi connectivity index (χ2v) is 7.61. The number of aliphatic imine (C=N–C) groups is 1. The van der Waals surface area contributed by atoms with Gasteiger partial charge in [0.1, 0.15) is 23.6 Å². The number of H-pyrrole nitrogens is 1. The normalized spacial score (nSPS) is 14.8. The van der Waals surface area contributed by atoms with Gasteiger partial charge in [-0.3, -0.25) is 5.10 Å². The third-order valence-electron chi connectivity index (χ3n) is 4.78. The molecule has 0 bridgehead atoms. The number of hydrogen-bond acceptors (Lipinski definition) is 8. The molecule has 0 radical (unpaired) electrons. The van der Waals surface area contributed by atoms with Crippen molar-refractivity contribution in [2.24, 2.45) is 16.8 Å². The van der Waals surface area contributed by atoms with E-state index in [9.17, 15) is 0 Å². The standard InChI is InChI=1S/C21H25N7O2/c1-12(2)25-21(30-22)14-9-28(10-14)19-8-18(23-11-24-19)20-16-7-15(29-13(3)4)5-6-17(16)26-27-20/h5-8,11,13-14H,1,9-10,22H2,2-4H3,(H,26,27)/b25-21-. The molecule has 4 rings (SSSR count). The van der Waals surface area contributed by atoms with Crippen LogP contribution in [0.5, 0.6) is 5.75 Å². The topological polar surface area (TPSA) is 115 Å². The van der Waals surface area contributed by atoms with Crippen LogP contribution in [0.4, 0.5) is 5.82 Å². The minimum Gasteiger partial charge on any atom is -0.491 e. The van der Waals surface area contributed by atoms with Crippen LogP contribution in [0.15, 0.2) is 47.9 Å². The van der Waals surface area contributed by atoms with Crippen LogP contribution in [0.1, 0.15) is 20.8 Å². The highest BCUT2D eigenvalue weighted by Gasteiger charge is 2.33. The Bertz CT molecular complexity index is 1100. The van der Waals surface area contributed by atoms with Crippen LogP contribution in [0, 0.1) is 5.92 Å². The molecule has 156 valence electrons. The number of fused-ring (bicyclic) bond motifs is 1. The average molecular weight is 407 g/mol. The van der Waals surface area contributed by atoms with Crippen LogP contribution in [0.25, 0.3) is 22.3 Å². The molecule has 0 atom stereocenters. The van der Waals surface area contributed by atoms with Crippen LogP contribution in [0.3, 0.4) is 0 Å². The van der Waals surface area contributed by atoms with Crippen molar-refractivity contribution in [2.75, 3.05) is 18.0 Å². The van der Waals surface area contributed by atoms with E-state index in [-0.39, 0.29) is 12.0 Å². The lowest BCUT2D eigenvalue weighted by Crippen LogP contribution is -2.51. The number of nitrogens with two attached hydrogens (primary N) is 1. The highest BCUT2D eigenvalue weighted by Crippen LogP contribution is 2.31. The van der Waals surface area contributed by atoms with E-state index in [0.717, 1.165) is 33.9 Å². The number of hydrogen-bond donors (Lipinski definition) is 2. The van der Waals surface area contributed by atoms with Crippen LogP contribution < -0.4 is 15.5 Å². The fourth-order valence-electron chi connectivity index (χ4n) is 3.41. The lowest BCUT2D eigenvalue weighted by atomic mass is 10.00. The molecule has 9 nitrogen and oxygen atoms in total. The summed E-state index contributed by atoms with van der Waals surface area (Å²) in [5.74, 6) is 7.57. The maximum atomic E-state index is 5.82. The SMILES string of the molecule is C=C(C)/N=C(\ON)C1CN(c2cc(-c3n[nH]c4ccc(OC(C)C)cc34)ncn2)C1. The number of ether oxygens (including phenoxy) is 1. The third kappa shape index (κ3) is 3.97. The third-order valence-corrected chi connectivity index (χ3v) is 4.78. The molecule has 2 aromatic heterocycles. The molecule has 0 spiro atoms. The number of allylic oxidation sites excluding steroid dienone is 1. The summed E-state index contributed by atoms with van der Waals surface area (Å²) in [5.41, 5.74) is 3.08. The van der Waals surface area contributed by atoms with Gasteiger partial charge in [0.25, 0.3) is 0 Å². The Morgan fingerprint density at radius 3 is 2.80 bits per heavy atom.